The summed E-state index contributed by atoms with van der Waals surface area (Å²) in [6.45, 7) is 1.30. The van der Waals surface area contributed by atoms with Crippen LogP contribution >= 0.6 is 15.9 Å². The maximum Gasteiger partial charge on any atom is 0.248 e. The number of nitrogens with zero attached hydrogens (tertiary/aromatic N) is 1. The largest absolute Gasteiger partial charge is 0.397 e. The van der Waals surface area contributed by atoms with Crippen molar-refractivity contribution in [2.75, 3.05) is 10.5 Å². The molecule has 0 heterocycles. The molecule has 16 heavy (non-hydrogen) atoms. The van der Waals surface area contributed by atoms with Gasteiger partial charge in [-0.2, -0.15) is 5.26 Å². The SMILES string of the molecule is CC(C#N)S(=O)(=O)Nc1ccc(Br)cc1N. The summed E-state index contributed by atoms with van der Waals surface area (Å²) in [5.74, 6) is 0. The van der Waals surface area contributed by atoms with Gasteiger partial charge >= 0.3 is 0 Å². The van der Waals surface area contributed by atoms with E-state index in [1.165, 1.54) is 13.0 Å². The lowest BCUT2D eigenvalue weighted by Crippen LogP contribution is -2.24. The average Bonchev–Trinajstić information content (AvgIpc) is 2.21. The van der Waals surface area contributed by atoms with E-state index in [4.69, 9.17) is 11.0 Å². The van der Waals surface area contributed by atoms with Gasteiger partial charge in [-0.3, -0.25) is 4.72 Å². The molecule has 0 aromatic heterocycles. The standard InChI is InChI=1S/C9H10BrN3O2S/c1-6(5-11)16(14,15)13-9-3-2-7(10)4-8(9)12/h2-4,6,13H,12H2,1H3. The Kier molecular flexibility index (Phi) is 3.78. The Balaban J connectivity index is 3.03. The summed E-state index contributed by atoms with van der Waals surface area (Å²) < 4.78 is 26.2. The molecule has 0 aliphatic heterocycles. The number of benzene rings is 1. The Bertz CT molecular complexity index is 536. The van der Waals surface area contributed by atoms with E-state index in [-0.39, 0.29) is 5.69 Å². The van der Waals surface area contributed by atoms with Crippen LogP contribution in [-0.2, 0) is 10.0 Å². The van der Waals surface area contributed by atoms with Crippen LogP contribution < -0.4 is 10.5 Å². The third-order valence-corrected chi connectivity index (χ3v) is 3.95. The minimum Gasteiger partial charge on any atom is -0.397 e. The van der Waals surface area contributed by atoms with Crippen molar-refractivity contribution >= 4 is 37.3 Å². The van der Waals surface area contributed by atoms with Crippen LogP contribution in [0.25, 0.3) is 0 Å². The molecule has 0 saturated carbocycles. The fourth-order valence-electron chi connectivity index (χ4n) is 0.938. The van der Waals surface area contributed by atoms with Gasteiger partial charge in [0.15, 0.2) is 5.25 Å². The lowest BCUT2D eigenvalue weighted by Gasteiger charge is -2.11. The van der Waals surface area contributed by atoms with Gasteiger partial charge in [0.1, 0.15) is 0 Å². The number of anilines is 2. The highest BCUT2D eigenvalue weighted by Gasteiger charge is 2.20. The first-order valence-corrected chi connectivity index (χ1v) is 6.67. The van der Waals surface area contributed by atoms with E-state index in [0.717, 1.165) is 4.47 Å². The number of nitriles is 1. The molecule has 5 nitrogen and oxygen atoms in total. The van der Waals surface area contributed by atoms with Gasteiger partial charge in [0.25, 0.3) is 0 Å². The number of sulfonamides is 1. The predicted octanol–water partition coefficient (Wildman–Crippen LogP) is 1.69. The highest BCUT2D eigenvalue weighted by atomic mass is 79.9. The summed E-state index contributed by atoms with van der Waals surface area (Å²) in [6.07, 6.45) is 0. The fraction of sp³-hybridized carbons (Fsp3) is 0.222. The molecule has 0 saturated heterocycles. The summed E-state index contributed by atoms with van der Waals surface area (Å²) in [6, 6.07) is 6.42. The van der Waals surface area contributed by atoms with Crippen LogP contribution in [0.1, 0.15) is 6.92 Å². The number of nitrogens with one attached hydrogen (secondary N) is 1. The first-order chi connectivity index (χ1) is 7.36. The first kappa shape index (κ1) is 12.8. The monoisotopic (exact) mass is 303 g/mol. The molecular formula is C9H10BrN3O2S. The molecule has 1 aromatic carbocycles. The highest BCUT2D eigenvalue weighted by Crippen LogP contribution is 2.24. The zero-order chi connectivity index (χ0) is 12.3. The third-order valence-electron chi connectivity index (χ3n) is 1.91. The van der Waals surface area contributed by atoms with Crippen molar-refractivity contribution in [3.05, 3.63) is 22.7 Å². The van der Waals surface area contributed by atoms with E-state index < -0.39 is 15.3 Å². The molecule has 7 heteroatoms. The fourth-order valence-corrected chi connectivity index (χ4v) is 2.12. The van der Waals surface area contributed by atoms with E-state index in [0.29, 0.717) is 5.69 Å². The maximum absolute atomic E-state index is 11.6. The Hall–Kier alpha value is -1.26. The van der Waals surface area contributed by atoms with Gasteiger partial charge in [-0.15, -0.1) is 0 Å². The Morgan fingerprint density at radius 1 is 1.56 bits per heavy atom. The number of hydrogen-bond donors (Lipinski definition) is 2. The number of halogens is 1. The van der Waals surface area contributed by atoms with Crippen molar-refractivity contribution in [2.45, 2.75) is 12.2 Å². The molecule has 0 aliphatic carbocycles. The lowest BCUT2D eigenvalue weighted by atomic mass is 10.3. The number of nitrogens with two attached hydrogens (primary N) is 1. The zero-order valence-corrected chi connectivity index (χ0v) is 10.8. The number of hydrogen-bond acceptors (Lipinski definition) is 4. The first-order valence-electron chi connectivity index (χ1n) is 4.33. The smallest absolute Gasteiger partial charge is 0.248 e. The van der Waals surface area contributed by atoms with Crippen molar-refractivity contribution in [1.82, 2.24) is 0 Å². The molecule has 1 unspecified atom stereocenters. The van der Waals surface area contributed by atoms with E-state index in [9.17, 15) is 8.42 Å². The molecule has 1 atom stereocenters. The molecule has 0 fully saturated rings. The van der Waals surface area contributed by atoms with Crippen molar-refractivity contribution in [1.29, 1.82) is 5.26 Å². The van der Waals surface area contributed by atoms with E-state index >= 15 is 0 Å². The third kappa shape index (κ3) is 2.87. The van der Waals surface area contributed by atoms with Crippen LogP contribution in [0, 0.1) is 11.3 Å². The Morgan fingerprint density at radius 2 is 2.19 bits per heavy atom. The van der Waals surface area contributed by atoms with Crippen LogP contribution in [0.3, 0.4) is 0 Å². The predicted molar refractivity (Wildman–Crippen MR) is 66.2 cm³/mol. The molecule has 0 amide bonds. The van der Waals surface area contributed by atoms with Crippen LogP contribution in [0.2, 0.25) is 0 Å². The van der Waals surface area contributed by atoms with Crippen molar-refractivity contribution in [2.24, 2.45) is 0 Å². The van der Waals surface area contributed by atoms with Crippen molar-refractivity contribution in [3.8, 4) is 6.07 Å². The summed E-state index contributed by atoms with van der Waals surface area (Å²) in [5.41, 5.74) is 6.19. The second-order valence-corrected chi connectivity index (χ2v) is 6.07. The zero-order valence-electron chi connectivity index (χ0n) is 8.44. The second kappa shape index (κ2) is 4.72. The summed E-state index contributed by atoms with van der Waals surface area (Å²) >= 11 is 3.21. The van der Waals surface area contributed by atoms with Crippen LogP contribution in [0.15, 0.2) is 22.7 Å². The minimum atomic E-state index is -3.71. The molecule has 0 spiro atoms. The van der Waals surface area contributed by atoms with Gasteiger partial charge in [-0.25, -0.2) is 8.42 Å². The molecule has 0 radical (unpaired) electrons. The summed E-state index contributed by atoms with van der Waals surface area (Å²) in [5, 5.41) is 7.42. The minimum absolute atomic E-state index is 0.269. The average molecular weight is 304 g/mol. The van der Waals surface area contributed by atoms with Gasteiger partial charge in [0.05, 0.1) is 17.4 Å². The van der Waals surface area contributed by atoms with Crippen LogP contribution in [-0.4, -0.2) is 13.7 Å². The quantitative estimate of drug-likeness (QED) is 0.830. The molecule has 0 aliphatic rings. The lowest BCUT2D eigenvalue weighted by molar-refractivity contribution is 0.597. The molecule has 3 N–H and O–H groups in total. The van der Waals surface area contributed by atoms with E-state index in [1.54, 1.807) is 18.2 Å². The summed E-state index contributed by atoms with van der Waals surface area (Å²) in [7, 11) is -3.71. The van der Waals surface area contributed by atoms with Gasteiger partial charge in [-0.1, -0.05) is 15.9 Å². The van der Waals surface area contributed by atoms with Crippen LogP contribution in [0.5, 0.6) is 0 Å². The highest BCUT2D eigenvalue weighted by molar-refractivity contribution is 9.10. The Labute approximate surface area is 102 Å². The van der Waals surface area contributed by atoms with Crippen molar-refractivity contribution < 1.29 is 8.42 Å². The molecule has 86 valence electrons. The number of rotatable bonds is 3. The van der Waals surface area contributed by atoms with Gasteiger partial charge in [0.2, 0.25) is 10.0 Å². The molecule has 1 rings (SSSR count). The number of nitrogen functional groups attached to an aromatic ring is 1. The Morgan fingerprint density at radius 3 is 2.69 bits per heavy atom. The van der Waals surface area contributed by atoms with Gasteiger partial charge < -0.3 is 5.73 Å². The molecule has 0 bridgehead atoms. The normalized spacial score (nSPS) is 12.8. The second-order valence-electron chi connectivity index (χ2n) is 3.15. The topological polar surface area (TPSA) is 96.0 Å². The summed E-state index contributed by atoms with van der Waals surface area (Å²) in [4.78, 5) is 0. The van der Waals surface area contributed by atoms with E-state index in [1.807, 2.05) is 0 Å². The maximum atomic E-state index is 11.6. The van der Waals surface area contributed by atoms with Crippen LogP contribution in [0.4, 0.5) is 11.4 Å². The van der Waals surface area contributed by atoms with Gasteiger partial charge in [0, 0.05) is 4.47 Å². The molecular weight excluding hydrogens is 294 g/mol. The molecule has 1 aromatic rings. The van der Waals surface area contributed by atoms with Gasteiger partial charge in [-0.05, 0) is 25.1 Å². The van der Waals surface area contributed by atoms with E-state index in [2.05, 4.69) is 20.7 Å². The van der Waals surface area contributed by atoms with Crippen molar-refractivity contribution in [3.63, 3.8) is 0 Å².